The molecule has 1 N–H and O–H groups in total. The summed E-state index contributed by atoms with van der Waals surface area (Å²) >= 11 is 1.28. The lowest BCUT2D eigenvalue weighted by Crippen LogP contribution is -2.26. The topological polar surface area (TPSA) is 42.0 Å². The number of aromatic nitrogens is 1. The highest BCUT2D eigenvalue weighted by atomic mass is 32.1. The summed E-state index contributed by atoms with van der Waals surface area (Å²) in [4.78, 5) is 17.0. The van der Waals surface area contributed by atoms with Crippen LogP contribution in [-0.4, -0.2) is 10.9 Å². The third-order valence-electron chi connectivity index (χ3n) is 3.21. The Labute approximate surface area is 125 Å². The third-order valence-corrected chi connectivity index (χ3v) is 4.31. The number of fused-ring (bicyclic) bond motifs is 1. The van der Waals surface area contributed by atoms with Crippen LogP contribution in [0.1, 0.15) is 28.3 Å². The summed E-state index contributed by atoms with van der Waals surface area (Å²) in [6.07, 6.45) is 1.69. The summed E-state index contributed by atoms with van der Waals surface area (Å²) in [7, 11) is 0. The number of carbonyl (C=O) groups excluding carboxylic acids is 1. The molecule has 1 amide bonds. The van der Waals surface area contributed by atoms with Crippen LogP contribution in [0.2, 0.25) is 0 Å². The van der Waals surface area contributed by atoms with Gasteiger partial charge in [0.05, 0.1) is 16.6 Å². The van der Waals surface area contributed by atoms with E-state index in [4.69, 9.17) is 0 Å². The van der Waals surface area contributed by atoms with Crippen molar-refractivity contribution in [2.75, 3.05) is 0 Å². The van der Waals surface area contributed by atoms with Crippen molar-refractivity contribution in [1.29, 1.82) is 0 Å². The van der Waals surface area contributed by atoms with Gasteiger partial charge in [-0.1, -0.05) is 12.1 Å². The predicted molar refractivity (Wildman–Crippen MR) is 81.9 cm³/mol. The van der Waals surface area contributed by atoms with Crippen LogP contribution in [0.25, 0.3) is 10.1 Å². The van der Waals surface area contributed by atoms with Crippen LogP contribution in [0.4, 0.5) is 4.39 Å². The molecule has 3 nitrogen and oxygen atoms in total. The molecule has 0 aliphatic heterocycles. The highest BCUT2D eigenvalue weighted by Gasteiger charge is 2.15. The van der Waals surface area contributed by atoms with E-state index in [9.17, 15) is 9.18 Å². The fourth-order valence-electron chi connectivity index (χ4n) is 2.11. The molecule has 1 atom stereocenters. The number of amides is 1. The van der Waals surface area contributed by atoms with Gasteiger partial charge in [0.25, 0.3) is 5.91 Å². The first-order chi connectivity index (χ1) is 10.1. The fraction of sp³-hybridized carbons (Fsp3) is 0.125. The van der Waals surface area contributed by atoms with Gasteiger partial charge >= 0.3 is 0 Å². The Morgan fingerprint density at radius 1 is 1.29 bits per heavy atom. The van der Waals surface area contributed by atoms with Gasteiger partial charge in [-0.15, -0.1) is 11.3 Å². The van der Waals surface area contributed by atoms with E-state index in [1.165, 1.54) is 17.4 Å². The molecular weight excluding hydrogens is 287 g/mol. The standard InChI is InChI=1S/C16H13FN2OS/c1-10(13-6-2-3-8-18-13)19-16(20)15-9-11-12(17)5-4-7-14(11)21-15/h2-10H,1H3,(H,19,20). The molecule has 0 bridgehead atoms. The molecule has 1 aromatic carbocycles. The average Bonchev–Trinajstić information content (AvgIpc) is 2.94. The van der Waals surface area contributed by atoms with Gasteiger partial charge < -0.3 is 5.32 Å². The van der Waals surface area contributed by atoms with Gasteiger partial charge in [0.15, 0.2) is 0 Å². The first kappa shape index (κ1) is 13.7. The zero-order valence-corrected chi connectivity index (χ0v) is 12.2. The van der Waals surface area contributed by atoms with E-state index in [0.29, 0.717) is 10.3 Å². The molecular formula is C16H13FN2OS. The van der Waals surface area contributed by atoms with Gasteiger partial charge in [0.2, 0.25) is 0 Å². The van der Waals surface area contributed by atoms with E-state index in [1.807, 2.05) is 31.2 Å². The molecule has 0 fully saturated rings. The summed E-state index contributed by atoms with van der Waals surface area (Å²) in [5.74, 6) is -0.519. The maximum absolute atomic E-state index is 13.7. The Morgan fingerprint density at radius 2 is 2.14 bits per heavy atom. The van der Waals surface area contributed by atoms with E-state index in [2.05, 4.69) is 10.3 Å². The lowest BCUT2D eigenvalue weighted by Gasteiger charge is -2.12. The van der Waals surface area contributed by atoms with E-state index < -0.39 is 0 Å². The van der Waals surface area contributed by atoms with Gasteiger partial charge in [-0.25, -0.2) is 4.39 Å². The first-order valence-corrected chi connectivity index (χ1v) is 7.36. The van der Waals surface area contributed by atoms with Crippen LogP contribution < -0.4 is 5.32 Å². The number of thiophene rings is 1. The fourth-order valence-corrected chi connectivity index (χ4v) is 3.09. The highest BCUT2D eigenvalue weighted by molar-refractivity contribution is 7.20. The summed E-state index contributed by atoms with van der Waals surface area (Å²) in [5.41, 5.74) is 0.790. The highest BCUT2D eigenvalue weighted by Crippen LogP contribution is 2.27. The van der Waals surface area contributed by atoms with Gasteiger partial charge in [-0.2, -0.15) is 0 Å². The Bertz CT molecular complexity index is 785. The molecule has 3 aromatic rings. The van der Waals surface area contributed by atoms with Crippen molar-refractivity contribution in [3.05, 3.63) is 65.0 Å². The zero-order valence-electron chi connectivity index (χ0n) is 11.3. The molecule has 1 unspecified atom stereocenters. The van der Waals surface area contributed by atoms with E-state index in [-0.39, 0.29) is 17.8 Å². The van der Waals surface area contributed by atoms with Crippen LogP contribution in [0.3, 0.4) is 0 Å². The number of rotatable bonds is 3. The Kier molecular flexibility index (Phi) is 3.66. The normalized spacial score (nSPS) is 12.3. The van der Waals surface area contributed by atoms with E-state index >= 15 is 0 Å². The second kappa shape index (κ2) is 5.61. The number of hydrogen-bond acceptors (Lipinski definition) is 3. The SMILES string of the molecule is CC(NC(=O)c1cc2c(F)cccc2s1)c1ccccn1. The molecule has 106 valence electrons. The number of pyridine rings is 1. The largest absolute Gasteiger partial charge is 0.343 e. The van der Waals surface area contributed by atoms with E-state index in [0.717, 1.165) is 10.4 Å². The predicted octanol–water partition coefficient (Wildman–Crippen LogP) is 3.93. The number of nitrogens with one attached hydrogen (secondary N) is 1. The second-order valence-corrected chi connectivity index (χ2v) is 5.80. The van der Waals surface area contributed by atoms with Crippen molar-refractivity contribution >= 4 is 27.3 Å². The molecule has 0 saturated carbocycles. The smallest absolute Gasteiger partial charge is 0.261 e. The van der Waals surface area contributed by atoms with Crippen molar-refractivity contribution in [2.45, 2.75) is 13.0 Å². The minimum Gasteiger partial charge on any atom is -0.343 e. The van der Waals surface area contributed by atoms with Crippen LogP contribution >= 0.6 is 11.3 Å². The number of carbonyl (C=O) groups is 1. The second-order valence-electron chi connectivity index (χ2n) is 4.71. The van der Waals surface area contributed by atoms with Crippen molar-refractivity contribution in [3.8, 4) is 0 Å². The van der Waals surface area contributed by atoms with Crippen molar-refractivity contribution in [3.63, 3.8) is 0 Å². The quantitative estimate of drug-likeness (QED) is 0.796. The molecule has 3 rings (SSSR count). The van der Waals surface area contributed by atoms with Gasteiger partial charge in [-0.05, 0) is 37.3 Å². The van der Waals surface area contributed by atoms with Gasteiger partial charge in [0.1, 0.15) is 5.82 Å². The number of benzene rings is 1. The minimum atomic E-state index is -0.305. The summed E-state index contributed by atoms with van der Waals surface area (Å²) in [6.45, 7) is 1.87. The molecule has 0 aliphatic carbocycles. The van der Waals surface area contributed by atoms with Crippen molar-refractivity contribution in [1.82, 2.24) is 10.3 Å². The Hall–Kier alpha value is -2.27. The molecule has 21 heavy (non-hydrogen) atoms. The number of hydrogen-bond donors (Lipinski definition) is 1. The third kappa shape index (κ3) is 2.78. The molecule has 0 spiro atoms. The van der Waals surface area contributed by atoms with Gasteiger partial charge in [0, 0.05) is 16.3 Å². The van der Waals surface area contributed by atoms with Crippen LogP contribution in [0.5, 0.6) is 0 Å². The molecule has 2 heterocycles. The molecule has 0 saturated heterocycles. The average molecular weight is 300 g/mol. The Balaban J connectivity index is 1.82. The van der Waals surface area contributed by atoms with Gasteiger partial charge in [-0.3, -0.25) is 9.78 Å². The maximum Gasteiger partial charge on any atom is 0.261 e. The Morgan fingerprint density at radius 3 is 2.86 bits per heavy atom. The van der Waals surface area contributed by atoms with E-state index in [1.54, 1.807) is 18.3 Å². The molecule has 0 radical (unpaired) electrons. The van der Waals surface area contributed by atoms with Crippen molar-refractivity contribution in [2.24, 2.45) is 0 Å². The van der Waals surface area contributed by atoms with Crippen LogP contribution in [0.15, 0.2) is 48.7 Å². The lowest BCUT2D eigenvalue weighted by molar-refractivity contribution is 0.0943. The monoisotopic (exact) mass is 300 g/mol. The summed E-state index contributed by atoms with van der Waals surface area (Å²) in [5, 5.41) is 3.36. The summed E-state index contributed by atoms with van der Waals surface area (Å²) in [6, 6.07) is 11.8. The molecule has 0 aliphatic rings. The molecule has 5 heteroatoms. The minimum absolute atomic E-state index is 0.200. The number of nitrogens with zero attached hydrogens (tertiary/aromatic N) is 1. The maximum atomic E-state index is 13.7. The zero-order chi connectivity index (χ0) is 14.8. The summed E-state index contributed by atoms with van der Waals surface area (Å²) < 4.78 is 14.4. The van der Waals surface area contributed by atoms with Crippen LogP contribution in [0, 0.1) is 5.82 Å². The van der Waals surface area contributed by atoms with Crippen molar-refractivity contribution < 1.29 is 9.18 Å². The first-order valence-electron chi connectivity index (χ1n) is 6.55. The lowest BCUT2D eigenvalue weighted by atomic mass is 10.2. The molecule has 2 aromatic heterocycles. The van der Waals surface area contributed by atoms with Crippen LogP contribution in [-0.2, 0) is 0 Å². The number of halogens is 1.